The lowest BCUT2D eigenvalue weighted by Gasteiger charge is -2.08. The van der Waals surface area contributed by atoms with Crippen molar-refractivity contribution in [1.82, 2.24) is 9.55 Å². The zero-order chi connectivity index (χ0) is 15.9. The predicted octanol–water partition coefficient (Wildman–Crippen LogP) is 3.34. The van der Waals surface area contributed by atoms with Crippen molar-refractivity contribution in [2.45, 2.75) is 11.8 Å². The fourth-order valence-corrected chi connectivity index (χ4v) is 3.39. The maximum absolute atomic E-state index is 12.3. The number of anilines is 1. The largest absolute Gasteiger partial charge is 0.331 e. The molecule has 7 heteroatoms. The minimum atomic E-state index is -3.65. The van der Waals surface area contributed by atoms with Gasteiger partial charge in [0.15, 0.2) is 0 Å². The van der Waals surface area contributed by atoms with Gasteiger partial charge < -0.3 is 4.57 Å². The van der Waals surface area contributed by atoms with Gasteiger partial charge in [0.05, 0.1) is 21.6 Å². The van der Waals surface area contributed by atoms with Crippen molar-refractivity contribution in [3.8, 4) is 0 Å². The van der Waals surface area contributed by atoms with Crippen LogP contribution in [0.5, 0.6) is 0 Å². The number of nitrogens with zero attached hydrogens (tertiary/aromatic N) is 2. The predicted molar refractivity (Wildman–Crippen MR) is 87.7 cm³/mol. The molecule has 0 saturated heterocycles. The number of imidazole rings is 1. The summed E-state index contributed by atoms with van der Waals surface area (Å²) in [7, 11) is -1.73. The summed E-state index contributed by atoms with van der Waals surface area (Å²) >= 11 is 5.78. The summed E-state index contributed by atoms with van der Waals surface area (Å²) < 4.78 is 29.2. The Hall–Kier alpha value is -2.05. The van der Waals surface area contributed by atoms with Gasteiger partial charge in [0.1, 0.15) is 5.82 Å². The van der Waals surface area contributed by atoms with Gasteiger partial charge in [-0.1, -0.05) is 11.6 Å². The summed E-state index contributed by atoms with van der Waals surface area (Å²) in [6.07, 6.45) is 0. The van der Waals surface area contributed by atoms with Crippen LogP contribution < -0.4 is 4.72 Å². The Morgan fingerprint density at radius 3 is 2.50 bits per heavy atom. The Kier molecular flexibility index (Phi) is 3.58. The molecule has 3 aromatic rings. The van der Waals surface area contributed by atoms with E-state index in [1.807, 2.05) is 24.6 Å². The lowest BCUT2D eigenvalue weighted by molar-refractivity contribution is 0.601. The molecule has 0 amide bonds. The van der Waals surface area contributed by atoms with Gasteiger partial charge in [-0.3, -0.25) is 4.72 Å². The highest BCUT2D eigenvalue weighted by atomic mass is 35.5. The highest BCUT2D eigenvalue weighted by Gasteiger charge is 2.15. The molecule has 0 atom stereocenters. The molecule has 0 fully saturated rings. The van der Waals surface area contributed by atoms with E-state index in [1.165, 1.54) is 12.1 Å². The quantitative estimate of drug-likeness (QED) is 0.798. The van der Waals surface area contributed by atoms with Crippen LogP contribution in [0, 0.1) is 6.92 Å². The summed E-state index contributed by atoms with van der Waals surface area (Å²) in [5.41, 5.74) is 2.17. The molecule has 0 spiro atoms. The number of nitrogens with one attached hydrogen (secondary N) is 1. The second-order valence-electron chi connectivity index (χ2n) is 4.98. The number of hydrogen-bond acceptors (Lipinski definition) is 3. The van der Waals surface area contributed by atoms with Crippen molar-refractivity contribution in [3.63, 3.8) is 0 Å². The van der Waals surface area contributed by atoms with Crippen molar-refractivity contribution in [2.24, 2.45) is 7.05 Å². The standard InChI is InChI=1S/C15H14ClN3O2S/c1-10-17-14-9-12(5-8-15(14)19(10)2)18-22(20,21)13-6-3-11(16)4-7-13/h3-9,18H,1-2H3. The van der Waals surface area contributed by atoms with Crippen molar-refractivity contribution >= 4 is 38.3 Å². The number of aromatic nitrogens is 2. The number of aryl methyl sites for hydroxylation is 2. The molecule has 0 saturated carbocycles. The van der Waals surface area contributed by atoms with Gasteiger partial charge in [0.25, 0.3) is 10.0 Å². The van der Waals surface area contributed by atoms with E-state index >= 15 is 0 Å². The maximum Gasteiger partial charge on any atom is 0.261 e. The number of benzene rings is 2. The molecule has 0 bridgehead atoms. The first-order valence-corrected chi connectivity index (χ1v) is 8.44. The van der Waals surface area contributed by atoms with Crippen molar-refractivity contribution < 1.29 is 8.42 Å². The Morgan fingerprint density at radius 2 is 1.82 bits per heavy atom. The third-order valence-corrected chi connectivity index (χ3v) is 5.13. The average molecular weight is 336 g/mol. The molecular formula is C15H14ClN3O2S. The topological polar surface area (TPSA) is 64.0 Å². The van der Waals surface area contributed by atoms with Crippen LogP contribution >= 0.6 is 11.6 Å². The van der Waals surface area contributed by atoms with E-state index < -0.39 is 10.0 Å². The van der Waals surface area contributed by atoms with Gasteiger partial charge >= 0.3 is 0 Å². The summed E-state index contributed by atoms with van der Waals surface area (Å²) in [6, 6.07) is 11.3. The molecule has 0 aliphatic carbocycles. The molecule has 114 valence electrons. The van der Waals surface area contributed by atoms with Gasteiger partial charge in [0, 0.05) is 12.1 Å². The molecule has 0 radical (unpaired) electrons. The van der Waals surface area contributed by atoms with Crippen LogP contribution in [0.25, 0.3) is 11.0 Å². The Balaban J connectivity index is 1.96. The molecule has 3 rings (SSSR count). The van der Waals surface area contributed by atoms with Gasteiger partial charge in [0.2, 0.25) is 0 Å². The molecule has 1 heterocycles. The van der Waals surface area contributed by atoms with Crippen molar-refractivity contribution in [1.29, 1.82) is 0 Å². The van der Waals surface area contributed by atoms with Crippen molar-refractivity contribution in [2.75, 3.05) is 4.72 Å². The SMILES string of the molecule is Cc1nc2cc(NS(=O)(=O)c3ccc(Cl)cc3)ccc2n1C. The lowest BCUT2D eigenvalue weighted by Crippen LogP contribution is -2.12. The molecule has 1 N–H and O–H groups in total. The van der Waals surface area contributed by atoms with Gasteiger partial charge in [-0.25, -0.2) is 13.4 Å². The van der Waals surface area contributed by atoms with Crippen LogP contribution in [0.3, 0.4) is 0 Å². The highest BCUT2D eigenvalue weighted by molar-refractivity contribution is 7.92. The van der Waals surface area contributed by atoms with Crippen LogP contribution in [0.15, 0.2) is 47.4 Å². The molecule has 2 aromatic carbocycles. The summed E-state index contributed by atoms with van der Waals surface area (Å²) in [4.78, 5) is 4.56. The second-order valence-corrected chi connectivity index (χ2v) is 7.10. The van der Waals surface area contributed by atoms with E-state index in [-0.39, 0.29) is 4.90 Å². The minimum Gasteiger partial charge on any atom is -0.331 e. The monoisotopic (exact) mass is 335 g/mol. The van der Waals surface area contributed by atoms with E-state index in [0.29, 0.717) is 10.7 Å². The van der Waals surface area contributed by atoms with Gasteiger partial charge in [-0.2, -0.15) is 0 Å². The van der Waals surface area contributed by atoms with Crippen molar-refractivity contribution in [3.05, 3.63) is 53.3 Å². The first-order valence-electron chi connectivity index (χ1n) is 6.58. The first-order chi connectivity index (χ1) is 10.4. The Bertz CT molecular complexity index is 947. The van der Waals surface area contributed by atoms with Gasteiger partial charge in [-0.15, -0.1) is 0 Å². The zero-order valence-corrected chi connectivity index (χ0v) is 13.6. The third kappa shape index (κ3) is 2.67. The molecule has 0 unspecified atom stereocenters. The Labute approximate surface area is 133 Å². The molecular weight excluding hydrogens is 322 g/mol. The van der Waals surface area contributed by atoms with E-state index in [2.05, 4.69) is 9.71 Å². The summed E-state index contributed by atoms with van der Waals surface area (Å²) in [5.74, 6) is 0.868. The molecule has 1 aromatic heterocycles. The fraction of sp³-hybridized carbons (Fsp3) is 0.133. The normalized spacial score (nSPS) is 11.8. The molecule has 0 aliphatic heterocycles. The van der Waals surface area contributed by atoms with Crippen LogP contribution in [0.1, 0.15) is 5.82 Å². The number of fused-ring (bicyclic) bond motifs is 1. The van der Waals surface area contributed by atoms with Crippen LogP contribution in [0.4, 0.5) is 5.69 Å². The molecule has 5 nitrogen and oxygen atoms in total. The highest BCUT2D eigenvalue weighted by Crippen LogP contribution is 2.22. The molecule has 22 heavy (non-hydrogen) atoms. The third-order valence-electron chi connectivity index (χ3n) is 3.48. The average Bonchev–Trinajstić information content (AvgIpc) is 2.73. The number of rotatable bonds is 3. The summed E-state index contributed by atoms with van der Waals surface area (Å²) in [6.45, 7) is 1.90. The number of halogens is 1. The maximum atomic E-state index is 12.3. The molecule has 0 aliphatic rings. The number of sulfonamides is 1. The van der Waals surface area contributed by atoms with E-state index in [0.717, 1.165) is 16.9 Å². The second kappa shape index (κ2) is 5.30. The van der Waals surface area contributed by atoms with E-state index in [1.54, 1.807) is 24.3 Å². The van der Waals surface area contributed by atoms with Crippen LogP contribution in [-0.4, -0.2) is 18.0 Å². The Morgan fingerprint density at radius 1 is 1.14 bits per heavy atom. The summed E-state index contributed by atoms with van der Waals surface area (Å²) in [5, 5.41) is 0.490. The van der Waals surface area contributed by atoms with Crippen LogP contribution in [0.2, 0.25) is 5.02 Å². The van der Waals surface area contributed by atoms with E-state index in [4.69, 9.17) is 11.6 Å². The van der Waals surface area contributed by atoms with Gasteiger partial charge in [-0.05, 0) is 49.4 Å². The first kappa shape index (κ1) is 14.9. The minimum absolute atomic E-state index is 0.161. The van der Waals surface area contributed by atoms with Crippen LogP contribution in [-0.2, 0) is 17.1 Å². The smallest absolute Gasteiger partial charge is 0.261 e. The van der Waals surface area contributed by atoms with E-state index in [9.17, 15) is 8.42 Å². The lowest BCUT2D eigenvalue weighted by atomic mass is 10.3. The zero-order valence-electron chi connectivity index (χ0n) is 12.0. The number of hydrogen-bond donors (Lipinski definition) is 1. The fourth-order valence-electron chi connectivity index (χ4n) is 2.21.